The Hall–Kier alpha value is -1.76. The molecule has 0 aliphatic heterocycles. The van der Waals surface area contributed by atoms with Gasteiger partial charge in [-0.1, -0.05) is 108 Å². The molecule has 2 aromatic carbocycles. The van der Waals surface area contributed by atoms with Crippen LogP contribution in [0.15, 0.2) is 54.6 Å². The molecule has 0 amide bonds. The third-order valence-electron chi connectivity index (χ3n) is 7.26. The van der Waals surface area contributed by atoms with E-state index in [1.165, 1.54) is 81.8 Å². The third kappa shape index (κ3) is 9.93. The minimum atomic E-state index is 0.391. The molecule has 172 valence electrons. The van der Waals surface area contributed by atoms with Crippen LogP contribution in [0.5, 0.6) is 5.75 Å². The number of phenolic OH excluding ortho intramolecular Hbond substituents is 1. The maximum Gasteiger partial charge on any atom is 0.115 e. The van der Waals surface area contributed by atoms with Crippen molar-refractivity contribution in [3.05, 3.63) is 65.7 Å². The first kappa shape index (κ1) is 25.5. The van der Waals surface area contributed by atoms with Gasteiger partial charge in [0.2, 0.25) is 0 Å². The van der Waals surface area contributed by atoms with E-state index in [4.69, 9.17) is 0 Å². The SMILES string of the molecule is CCC(CCC(CC)C(C)CCCCCCCCc1cccc(O)c1)c1ccccc1. The molecule has 0 saturated heterocycles. The molecule has 3 unspecified atom stereocenters. The molecule has 0 aromatic heterocycles. The highest BCUT2D eigenvalue weighted by molar-refractivity contribution is 5.27. The fourth-order valence-corrected chi connectivity index (χ4v) is 5.09. The molecule has 0 aliphatic rings. The van der Waals surface area contributed by atoms with Gasteiger partial charge < -0.3 is 5.11 Å². The Morgan fingerprint density at radius 2 is 1.42 bits per heavy atom. The van der Waals surface area contributed by atoms with Crippen molar-refractivity contribution in [1.82, 2.24) is 0 Å². The van der Waals surface area contributed by atoms with Crippen LogP contribution in [0, 0.1) is 11.8 Å². The van der Waals surface area contributed by atoms with E-state index in [9.17, 15) is 5.11 Å². The molecule has 0 saturated carbocycles. The van der Waals surface area contributed by atoms with Crippen molar-refractivity contribution in [2.75, 3.05) is 0 Å². The van der Waals surface area contributed by atoms with Crippen molar-refractivity contribution < 1.29 is 5.11 Å². The molecule has 3 atom stereocenters. The van der Waals surface area contributed by atoms with Gasteiger partial charge in [-0.3, -0.25) is 0 Å². The Morgan fingerprint density at radius 1 is 0.710 bits per heavy atom. The van der Waals surface area contributed by atoms with Gasteiger partial charge >= 0.3 is 0 Å². The molecular formula is C30H46O. The second-order valence-corrected chi connectivity index (χ2v) is 9.57. The van der Waals surface area contributed by atoms with E-state index < -0.39 is 0 Å². The van der Waals surface area contributed by atoms with E-state index in [0.29, 0.717) is 5.75 Å². The zero-order valence-corrected chi connectivity index (χ0v) is 20.4. The van der Waals surface area contributed by atoms with Crippen molar-refractivity contribution in [1.29, 1.82) is 0 Å². The standard InChI is InChI=1S/C30H46O/c1-4-27(22-23-28(5-2)29-19-13-10-14-20-29)25(3)16-11-8-6-7-9-12-17-26-18-15-21-30(31)24-26/h10,13-15,18-21,24-25,27-28,31H,4-9,11-12,16-17,22-23H2,1-3H3. The Morgan fingerprint density at radius 3 is 2.10 bits per heavy atom. The van der Waals surface area contributed by atoms with Gasteiger partial charge in [0.1, 0.15) is 5.75 Å². The normalized spacial score (nSPS) is 14.3. The van der Waals surface area contributed by atoms with E-state index in [1.54, 1.807) is 6.07 Å². The summed E-state index contributed by atoms with van der Waals surface area (Å²) in [6, 6.07) is 18.8. The predicted molar refractivity (Wildman–Crippen MR) is 136 cm³/mol. The van der Waals surface area contributed by atoms with Gasteiger partial charge in [0.05, 0.1) is 0 Å². The summed E-state index contributed by atoms with van der Waals surface area (Å²) in [5.74, 6) is 2.84. The quantitative estimate of drug-likeness (QED) is 0.267. The molecular weight excluding hydrogens is 376 g/mol. The molecule has 0 heterocycles. The number of rotatable bonds is 16. The minimum Gasteiger partial charge on any atom is -0.508 e. The Kier molecular flexibility index (Phi) is 12.4. The van der Waals surface area contributed by atoms with E-state index >= 15 is 0 Å². The molecule has 0 fully saturated rings. The second kappa shape index (κ2) is 15.1. The van der Waals surface area contributed by atoms with E-state index in [0.717, 1.165) is 24.2 Å². The zero-order chi connectivity index (χ0) is 22.3. The van der Waals surface area contributed by atoms with Gasteiger partial charge in [0, 0.05) is 0 Å². The van der Waals surface area contributed by atoms with Gasteiger partial charge in [-0.25, -0.2) is 0 Å². The minimum absolute atomic E-state index is 0.391. The molecule has 1 nitrogen and oxygen atoms in total. The van der Waals surface area contributed by atoms with Crippen molar-refractivity contribution in [2.24, 2.45) is 11.8 Å². The Labute approximate surface area is 192 Å². The highest BCUT2D eigenvalue weighted by Crippen LogP contribution is 2.32. The molecule has 2 rings (SSSR count). The number of unbranched alkanes of at least 4 members (excludes halogenated alkanes) is 5. The van der Waals surface area contributed by atoms with Crippen LogP contribution in [-0.4, -0.2) is 5.11 Å². The summed E-state index contributed by atoms with van der Waals surface area (Å²) in [5.41, 5.74) is 2.79. The molecule has 1 N–H and O–H groups in total. The van der Waals surface area contributed by atoms with Crippen molar-refractivity contribution in [3.63, 3.8) is 0 Å². The molecule has 31 heavy (non-hydrogen) atoms. The molecule has 1 heteroatoms. The van der Waals surface area contributed by atoms with E-state index in [1.807, 2.05) is 12.1 Å². The van der Waals surface area contributed by atoms with E-state index in [-0.39, 0.29) is 0 Å². The second-order valence-electron chi connectivity index (χ2n) is 9.57. The average molecular weight is 423 g/mol. The summed E-state index contributed by atoms with van der Waals surface area (Å²) in [7, 11) is 0. The smallest absolute Gasteiger partial charge is 0.115 e. The number of hydrogen-bond donors (Lipinski definition) is 1. The summed E-state index contributed by atoms with van der Waals surface area (Å²) in [6.07, 6.45) is 15.8. The summed E-state index contributed by atoms with van der Waals surface area (Å²) in [6.45, 7) is 7.22. The fraction of sp³-hybridized carbons (Fsp3) is 0.600. The zero-order valence-electron chi connectivity index (χ0n) is 20.4. The van der Waals surface area contributed by atoms with Crippen LogP contribution >= 0.6 is 0 Å². The summed E-state index contributed by atoms with van der Waals surface area (Å²) in [4.78, 5) is 0. The highest BCUT2D eigenvalue weighted by atomic mass is 16.3. The first-order valence-corrected chi connectivity index (χ1v) is 13.0. The van der Waals surface area contributed by atoms with Gasteiger partial charge in [-0.2, -0.15) is 0 Å². The first-order chi connectivity index (χ1) is 15.1. The summed E-state index contributed by atoms with van der Waals surface area (Å²) >= 11 is 0. The fourth-order valence-electron chi connectivity index (χ4n) is 5.09. The van der Waals surface area contributed by atoms with Gasteiger partial charge in [-0.15, -0.1) is 0 Å². The van der Waals surface area contributed by atoms with E-state index in [2.05, 4.69) is 57.2 Å². The summed E-state index contributed by atoms with van der Waals surface area (Å²) in [5, 5.41) is 9.54. The number of hydrogen-bond acceptors (Lipinski definition) is 1. The van der Waals surface area contributed by atoms with Crippen LogP contribution in [0.2, 0.25) is 0 Å². The molecule has 2 aromatic rings. The largest absolute Gasteiger partial charge is 0.508 e. The lowest BCUT2D eigenvalue weighted by Gasteiger charge is -2.25. The van der Waals surface area contributed by atoms with Crippen LogP contribution < -0.4 is 0 Å². The summed E-state index contributed by atoms with van der Waals surface area (Å²) < 4.78 is 0. The number of benzene rings is 2. The molecule has 0 radical (unpaired) electrons. The average Bonchev–Trinajstić information content (AvgIpc) is 2.79. The van der Waals surface area contributed by atoms with Crippen molar-refractivity contribution >= 4 is 0 Å². The topological polar surface area (TPSA) is 20.2 Å². The Balaban J connectivity index is 1.56. The number of aryl methyl sites for hydroxylation is 1. The molecule has 0 spiro atoms. The third-order valence-corrected chi connectivity index (χ3v) is 7.26. The molecule has 0 bridgehead atoms. The number of phenols is 1. The maximum atomic E-state index is 9.54. The lowest BCUT2D eigenvalue weighted by atomic mass is 9.80. The van der Waals surface area contributed by atoms with Crippen LogP contribution in [0.1, 0.15) is 108 Å². The first-order valence-electron chi connectivity index (χ1n) is 13.0. The molecule has 0 aliphatic carbocycles. The lowest BCUT2D eigenvalue weighted by Crippen LogP contribution is -2.12. The lowest BCUT2D eigenvalue weighted by molar-refractivity contribution is 0.286. The van der Waals surface area contributed by atoms with Gasteiger partial charge in [0.15, 0.2) is 0 Å². The Bertz CT molecular complexity index is 693. The van der Waals surface area contributed by atoms with Crippen LogP contribution in [0.3, 0.4) is 0 Å². The highest BCUT2D eigenvalue weighted by Gasteiger charge is 2.18. The van der Waals surface area contributed by atoms with Crippen LogP contribution in [0.25, 0.3) is 0 Å². The predicted octanol–water partition coefficient (Wildman–Crippen LogP) is 9.30. The van der Waals surface area contributed by atoms with Crippen molar-refractivity contribution in [3.8, 4) is 5.75 Å². The van der Waals surface area contributed by atoms with Gasteiger partial charge in [-0.05, 0) is 73.1 Å². The monoisotopic (exact) mass is 422 g/mol. The maximum absolute atomic E-state index is 9.54. The van der Waals surface area contributed by atoms with Gasteiger partial charge in [0.25, 0.3) is 0 Å². The van der Waals surface area contributed by atoms with Crippen LogP contribution in [0.4, 0.5) is 0 Å². The number of aromatic hydroxyl groups is 1. The van der Waals surface area contributed by atoms with Crippen LogP contribution in [-0.2, 0) is 6.42 Å². The van der Waals surface area contributed by atoms with Crippen molar-refractivity contribution in [2.45, 2.75) is 104 Å².